The quantitative estimate of drug-likeness (QED) is 0.783. The van der Waals surface area contributed by atoms with Crippen LogP contribution in [0.3, 0.4) is 0 Å². The maximum Gasteiger partial charge on any atom is 0.259 e. The first-order valence-corrected chi connectivity index (χ1v) is 5.00. The van der Waals surface area contributed by atoms with Gasteiger partial charge in [0.25, 0.3) is 11.8 Å². The van der Waals surface area contributed by atoms with E-state index in [4.69, 9.17) is 4.42 Å². The second kappa shape index (κ2) is 3.49. The van der Waals surface area contributed by atoms with Gasteiger partial charge in [0.1, 0.15) is 5.58 Å². The fourth-order valence-electron chi connectivity index (χ4n) is 1.89. The summed E-state index contributed by atoms with van der Waals surface area (Å²) in [5.41, 5.74) is -0.541. The maximum absolute atomic E-state index is 13.8. The molecule has 0 unspecified atom stereocenters. The molecule has 0 fully saturated rings. The van der Waals surface area contributed by atoms with E-state index in [-0.39, 0.29) is 16.7 Å². The number of halogens is 2. The molecular weight excluding hydrogens is 244 g/mol. The fraction of sp³-hybridized carbons (Fsp3) is 0. The van der Waals surface area contributed by atoms with Crippen molar-refractivity contribution >= 4 is 28.4 Å². The SMILES string of the molecule is O=C1C=C(c2c(F)c(F)cc3ccoc23)C(=O)N1. The Balaban J connectivity index is 2.38. The van der Waals surface area contributed by atoms with Gasteiger partial charge in [-0.05, 0) is 12.1 Å². The molecule has 0 saturated heterocycles. The zero-order valence-corrected chi connectivity index (χ0v) is 8.79. The number of carbonyl (C=O) groups excluding carboxylic acids is 2. The van der Waals surface area contributed by atoms with Crippen LogP contribution in [0.5, 0.6) is 0 Å². The number of carbonyl (C=O) groups is 2. The Morgan fingerprint density at radius 2 is 2.00 bits per heavy atom. The van der Waals surface area contributed by atoms with Crippen LogP contribution in [0.15, 0.2) is 28.9 Å². The van der Waals surface area contributed by atoms with Gasteiger partial charge in [-0.2, -0.15) is 0 Å². The summed E-state index contributed by atoms with van der Waals surface area (Å²) >= 11 is 0. The standard InChI is InChI=1S/C12H5F2NO3/c13-7-3-5-1-2-18-11(5)9(10(7)14)6-4-8(16)15-12(6)17/h1-4H,(H,15,16,17). The van der Waals surface area contributed by atoms with Gasteiger partial charge in [-0.15, -0.1) is 0 Å². The summed E-state index contributed by atoms with van der Waals surface area (Å²) < 4.78 is 32.2. The number of benzene rings is 1. The molecule has 18 heavy (non-hydrogen) atoms. The van der Waals surface area contributed by atoms with Crippen molar-refractivity contribution in [3.8, 4) is 0 Å². The molecule has 2 aromatic rings. The Morgan fingerprint density at radius 3 is 2.67 bits per heavy atom. The smallest absolute Gasteiger partial charge is 0.259 e. The topological polar surface area (TPSA) is 59.3 Å². The molecule has 90 valence electrons. The molecule has 0 bridgehead atoms. The van der Waals surface area contributed by atoms with E-state index in [0.29, 0.717) is 5.39 Å². The molecule has 2 heterocycles. The van der Waals surface area contributed by atoms with Crippen molar-refractivity contribution in [1.82, 2.24) is 5.32 Å². The van der Waals surface area contributed by atoms with Crippen LogP contribution in [0, 0.1) is 11.6 Å². The molecular formula is C12H5F2NO3. The van der Waals surface area contributed by atoms with Gasteiger partial charge >= 0.3 is 0 Å². The van der Waals surface area contributed by atoms with E-state index in [1.165, 1.54) is 12.3 Å². The zero-order valence-electron chi connectivity index (χ0n) is 8.79. The van der Waals surface area contributed by atoms with Gasteiger partial charge in [0.2, 0.25) is 0 Å². The molecule has 1 aliphatic rings. The summed E-state index contributed by atoms with van der Waals surface area (Å²) in [6.45, 7) is 0. The number of rotatable bonds is 1. The first-order valence-electron chi connectivity index (χ1n) is 5.00. The van der Waals surface area contributed by atoms with Crippen molar-refractivity contribution in [2.24, 2.45) is 0 Å². The molecule has 0 aliphatic carbocycles. The summed E-state index contributed by atoms with van der Waals surface area (Å²) in [6, 6.07) is 2.41. The molecule has 4 nitrogen and oxygen atoms in total. The average Bonchev–Trinajstić information content (AvgIpc) is 2.87. The van der Waals surface area contributed by atoms with Crippen molar-refractivity contribution in [3.63, 3.8) is 0 Å². The Kier molecular flexibility index (Phi) is 2.07. The van der Waals surface area contributed by atoms with Crippen molar-refractivity contribution in [1.29, 1.82) is 0 Å². The van der Waals surface area contributed by atoms with Crippen molar-refractivity contribution in [3.05, 3.63) is 41.7 Å². The summed E-state index contributed by atoms with van der Waals surface area (Å²) in [5, 5.41) is 2.28. The minimum absolute atomic E-state index is 0.0324. The Labute approximate surface area is 98.9 Å². The van der Waals surface area contributed by atoms with E-state index in [1.54, 1.807) is 0 Å². The van der Waals surface area contributed by atoms with Gasteiger partial charge in [-0.25, -0.2) is 8.78 Å². The molecule has 6 heteroatoms. The Hall–Kier alpha value is -2.50. The van der Waals surface area contributed by atoms with E-state index >= 15 is 0 Å². The van der Waals surface area contributed by atoms with Gasteiger partial charge in [0, 0.05) is 11.5 Å². The summed E-state index contributed by atoms with van der Waals surface area (Å²) in [4.78, 5) is 22.5. The number of nitrogens with one attached hydrogen (secondary N) is 1. The minimum atomic E-state index is -1.21. The highest BCUT2D eigenvalue weighted by atomic mass is 19.2. The second-order valence-electron chi connectivity index (χ2n) is 3.76. The minimum Gasteiger partial charge on any atom is -0.464 e. The van der Waals surface area contributed by atoms with E-state index in [1.807, 2.05) is 5.32 Å². The number of imide groups is 1. The lowest BCUT2D eigenvalue weighted by molar-refractivity contribution is -0.123. The van der Waals surface area contributed by atoms with Gasteiger partial charge in [-0.1, -0.05) is 0 Å². The number of furan rings is 1. The predicted octanol–water partition coefficient (Wildman–Crippen LogP) is 1.75. The Bertz CT molecular complexity index is 730. The van der Waals surface area contributed by atoms with E-state index in [9.17, 15) is 18.4 Å². The van der Waals surface area contributed by atoms with Crippen molar-refractivity contribution < 1.29 is 22.8 Å². The molecule has 2 amide bonds. The second-order valence-corrected chi connectivity index (χ2v) is 3.76. The van der Waals surface area contributed by atoms with Crippen LogP contribution in [0.25, 0.3) is 16.5 Å². The van der Waals surface area contributed by atoms with Crippen LogP contribution in [-0.2, 0) is 9.59 Å². The lowest BCUT2D eigenvalue weighted by atomic mass is 10.0. The van der Waals surface area contributed by atoms with Crippen LogP contribution in [0.2, 0.25) is 0 Å². The highest BCUT2D eigenvalue weighted by Gasteiger charge is 2.29. The third-order valence-electron chi connectivity index (χ3n) is 2.66. The predicted molar refractivity (Wildman–Crippen MR) is 57.3 cm³/mol. The molecule has 3 rings (SSSR count). The highest BCUT2D eigenvalue weighted by molar-refractivity contribution is 6.34. The molecule has 1 aromatic heterocycles. The van der Waals surface area contributed by atoms with Gasteiger partial charge in [0.05, 0.1) is 17.4 Å². The molecule has 0 radical (unpaired) electrons. The van der Waals surface area contributed by atoms with E-state index < -0.39 is 23.4 Å². The van der Waals surface area contributed by atoms with Crippen molar-refractivity contribution in [2.75, 3.05) is 0 Å². The van der Waals surface area contributed by atoms with Crippen LogP contribution in [-0.4, -0.2) is 11.8 Å². The number of fused-ring (bicyclic) bond motifs is 1. The number of hydrogen-bond donors (Lipinski definition) is 1. The van der Waals surface area contributed by atoms with Crippen molar-refractivity contribution in [2.45, 2.75) is 0 Å². The first kappa shape index (κ1) is 10.6. The van der Waals surface area contributed by atoms with Crippen LogP contribution >= 0.6 is 0 Å². The normalized spacial score (nSPS) is 15.1. The monoisotopic (exact) mass is 249 g/mol. The number of amides is 2. The summed E-state index contributed by atoms with van der Waals surface area (Å²) in [6.07, 6.45) is 2.17. The third-order valence-corrected chi connectivity index (χ3v) is 2.66. The molecule has 1 aliphatic heterocycles. The van der Waals surface area contributed by atoms with Gasteiger partial charge in [0.15, 0.2) is 11.6 Å². The number of hydrogen-bond acceptors (Lipinski definition) is 3. The molecule has 1 N–H and O–H groups in total. The maximum atomic E-state index is 13.8. The van der Waals surface area contributed by atoms with Crippen LogP contribution < -0.4 is 5.32 Å². The zero-order chi connectivity index (χ0) is 12.9. The van der Waals surface area contributed by atoms with Gasteiger partial charge < -0.3 is 4.42 Å². The third kappa shape index (κ3) is 1.35. The lowest BCUT2D eigenvalue weighted by Gasteiger charge is -2.04. The van der Waals surface area contributed by atoms with Gasteiger partial charge in [-0.3, -0.25) is 14.9 Å². The first-order chi connectivity index (χ1) is 8.58. The average molecular weight is 249 g/mol. The summed E-state index contributed by atoms with van der Waals surface area (Å²) in [5.74, 6) is -3.76. The Morgan fingerprint density at radius 1 is 1.22 bits per heavy atom. The molecule has 1 aromatic carbocycles. The fourth-order valence-corrected chi connectivity index (χ4v) is 1.89. The van der Waals surface area contributed by atoms with E-state index in [2.05, 4.69) is 0 Å². The highest BCUT2D eigenvalue weighted by Crippen LogP contribution is 2.31. The molecule has 0 atom stereocenters. The largest absolute Gasteiger partial charge is 0.464 e. The summed E-state index contributed by atoms with van der Waals surface area (Å²) in [7, 11) is 0. The van der Waals surface area contributed by atoms with E-state index in [0.717, 1.165) is 12.1 Å². The molecule has 0 saturated carbocycles. The lowest BCUT2D eigenvalue weighted by Crippen LogP contribution is -2.22. The molecule has 0 spiro atoms. The van der Waals surface area contributed by atoms with Crippen LogP contribution in [0.1, 0.15) is 5.56 Å². The van der Waals surface area contributed by atoms with Crippen LogP contribution in [0.4, 0.5) is 8.78 Å².